The molecule has 0 radical (unpaired) electrons. The van der Waals surface area contributed by atoms with Crippen LogP contribution in [0, 0.1) is 5.82 Å². The van der Waals surface area contributed by atoms with Gasteiger partial charge >= 0.3 is 0 Å². The number of aryl methyl sites for hydroxylation is 2. The van der Waals surface area contributed by atoms with Crippen LogP contribution >= 0.6 is 0 Å². The molecule has 0 atom stereocenters. The van der Waals surface area contributed by atoms with E-state index in [0.717, 1.165) is 55.3 Å². The largest absolute Gasteiger partial charge is 0.444 e. The highest BCUT2D eigenvalue weighted by Gasteiger charge is 2.16. The van der Waals surface area contributed by atoms with E-state index in [9.17, 15) is 4.39 Å². The molecule has 0 saturated heterocycles. The van der Waals surface area contributed by atoms with Crippen molar-refractivity contribution in [2.45, 2.75) is 25.8 Å². The summed E-state index contributed by atoms with van der Waals surface area (Å²) >= 11 is 0. The van der Waals surface area contributed by atoms with Crippen LogP contribution in [0.3, 0.4) is 0 Å². The third-order valence-electron chi connectivity index (χ3n) is 3.19. The van der Waals surface area contributed by atoms with Crippen LogP contribution in [0.25, 0.3) is 0 Å². The van der Waals surface area contributed by atoms with Crippen molar-refractivity contribution in [2.75, 3.05) is 6.54 Å². The van der Waals surface area contributed by atoms with E-state index >= 15 is 0 Å². The lowest BCUT2D eigenvalue weighted by atomic mass is 10.1. The number of nitrogens with zero attached hydrogens (tertiary/aromatic N) is 1. The summed E-state index contributed by atoms with van der Waals surface area (Å²) in [5.74, 6) is 1.56. The van der Waals surface area contributed by atoms with E-state index in [0.29, 0.717) is 0 Å². The Bertz CT molecular complexity index is 510. The van der Waals surface area contributed by atoms with Gasteiger partial charge in [-0.15, -0.1) is 0 Å². The van der Waals surface area contributed by atoms with E-state index in [4.69, 9.17) is 4.42 Å². The third-order valence-corrected chi connectivity index (χ3v) is 3.19. The quantitative estimate of drug-likeness (QED) is 0.902. The van der Waals surface area contributed by atoms with Gasteiger partial charge in [-0.05, 0) is 24.1 Å². The Morgan fingerprint density at radius 2 is 2.06 bits per heavy atom. The number of hydrogen-bond acceptors (Lipinski definition) is 3. The molecule has 1 aliphatic heterocycles. The molecule has 0 bridgehead atoms. The van der Waals surface area contributed by atoms with E-state index in [1.54, 1.807) is 12.1 Å². The Hall–Kier alpha value is -1.68. The number of rotatable bonds is 3. The Labute approximate surface area is 105 Å². The first-order valence-corrected chi connectivity index (χ1v) is 6.24. The number of halogens is 1. The van der Waals surface area contributed by atoms with E-state index in [-0.39, 0.29) is 5.82 Å². The summed E-state index contributed by atoms with van der Waals surface area (Å²) in [4.78, 5) is 4.50. The average Bonchev–Trinajstić information content (AvgIpc) is 2.81. The predicted octanol–water partition coefficient (Wildman–Crippen LogP) is 2.24. The van der Waals surface area contributed by atoms with Gasteiger partial charge in [-0.2, -0.15) is 0 Å². The lowest BCUT2D eigenvalue weighted by Crippen LogP contribution is -2.22. The average molecular weight is 246 g/mol. The molecule has 3 nitrogen and oxygen atoms in total. The number of hydrogen-bond donors (Lipinski definition) is 1. The fourth-order valence-corrected chi connectivity index (χ4v) is 2.19. The maximum atomic E-state index is 12.8. The van der Waals surface area contributed by atoms with Crippen LogP contribution in [0.2, 0.25) is 0 Å². The Balaban J connectivity index is 1.66. The molecule has 3 rings (SSSR count). The topological polar surface area (TPSA) is 38.1 Å². The van der Waals surface area contributed by atoms with Gasteiger partial charge in [0.25, 0.3) is 0 Å². The van der Waals surface area contributed by atoms with Crippen molar-refractivity contribution in [2.24, 2.45) is 0 Å². The van der Waals surface area contributed by atoms with Crippen LogP contribution in [0.5, 0.6) is 0 Å². The molecular weight excluding hydrogens is 231 g/mol. The summed E-state index contributed by atoms with van der Waals surface area (Å²) in [6, 6.07) is 6.58. The van der Waals surface area contributed by atoms with Gasteiger partial charge in [0.1, 0.15) is 11.6 Å². The van der Waals surface area contributed by atoms with Crippen molar-refractivity contribution >= 4 is 0 Å². The van der Waals surface area contributed by atoms with Gasteiger partial charge in [0, 0.05) is 19.4 Å². The smallest absolute Gasteiger partial charge is 0.195 e. The summed E-state index contributed by atoms with van der Waals surface area (Å²) in [6.45, 7) is 1.75. The minimum atomic E-state index is -0.198. The third kappa shape index (κ3) is 2.43. The molecule has 0 fully saturated rings. The molecule has 0 saturated carbocycles. The zero-order valence-electron chi connectivity index (χ0n) is 10.1. The number of benzene rings is 1. The van der Waals surface area contributed by atoms with Crippen molar-refractivity contribution in [1.82, 2.24) is 10.3 Å². The van der Waals surface area contributed by atoms with Crippen LogP contribution in [-0.2, 0) is 25.8 Å². The van der Waals surface area contributed by atoms with Crippen LogP contribution in [-0.4, -0.2) is 11.5 Å². The molecule has 0 unspecified atom stereocenters. The molecule has 0 aliphatic carbocycles. The highest BCUT2D eigenvalue weighted by molar-refractivity contribution is 5.18. The molecular formula is C14H15FN2O. The zero-order chi connectivity index (χ0) is 12.4. The van der Waals surface area contributed by atoms with Gasteiger partial charge in [-0.1, -0.05) is 12.1 Å². The molecule has 1 N–H and O–H groups in total. The molecule has 1 aromatic heterocycles. The standard InChI is InChI=1S/C14H15FN2O/c15-11-4-1-10(2-5-11)3-6-14-17-12-7-8-16-9-13(12)18-14/h1-2,4-5,16H,3,6-9H2. The molecule has 94 valence electrons. The van der Waals surface area contributed by atoms with Crippen LogP contribution in [0.15, 0.2) is 28.7 Å². The first-order chi connectivity index (χ1) is 8.81. The first-order valence-electron chi connectivity index (χ1n) is 6.24. The SMILES string of the molecule is Fc1ccc(CCc2nc3c(o2)CNCC3)cc1. The Morgan fingerprint density at radius 1 is 1.22 bits per heavy atom. The number of oxazole rings is 1. The van der Waals surface area contributed by atoms with Crippen molar-refractivity contribution < 1.29 is 8.81 Å². The van der Waals surface area contributed by atoms with Crippen molar-refractivity contribution in [3.8, 4) is 0 Å². The fraction of sp³-hybridized carbons (Fsp3) is 0.357. The summed E-state index contributed by atoms with van der Waals surface area (Å²) < 4.78 is 18.5. The molecule has 1 aromatic carbocycles. The Morgan fingerprint density at radius 3 is 2.83 bits per heavy atom. The monoisotopic (exact) mass is 246 g/mol. The second-order valence-corrected chi connectivity index (χ2v) is 4.53. The van der Waals surface area contributed by atoms with Crippen LogP contribution in [0.4, 0.5) is 4.39 Å². The van der Waals surface area contributed by atoms with E-state index < -0.39 is 0 Å². The van der Waals surface area contributed by atoms with E-state index in [1.807, 2.05) is 0 Å². The highest BCUT2D eigenvalue weighted by atomic mass is 19.1. The fourth-order valence-electron chi connectivity index (χ4n) is 2.19. The van der Waals surface area contributed by atoms with Gasteiger partial charge < -0.3 is 9.73 Å². The molecule has 1 aliphatic rings. The predicted molar refractivity (Wildman–Crippen MR) is 65.7 cm³/mol. The molecule has 2 heterocycles. The molecule has 0 spiro atoms. The number of nitrogens with one attached hydrogen (secondary N) is 1. The van der Waals surface area contributed by atoms with E-state index in [1.165, 1.54) is 12.1 Å². The molecule has 4 heteroatoms. The maximum absolute atomic E-state index is 12.8. The highest BCUT2D eigenvalue weighted by Crippen LogP contribution is 2.16. The second-order valence-electron chi connectivity index (χ2n) is 4.53. The van der Waals surface area contributed by atoms with Crippen LogP contribution in [0.1, 0.15) is 22.9 Å². The summed E-state index contributed by atoms with van der Waals surface area (Å²) in [7, 11) is 0. The number of aromatic nitrogens is 1. The summed E-state index contributed by atoms with van der Waals surface area (Å²) in [5.41, 5.74) is 2.19. The minimum Gasteiger partial charge on any atom is -0.444 e. The van der Waals surface area contributed by atoms with Gasteiger partial charge in [0.05, 0.1) is 12.2 Å². The van der Waals surface area contributed by atoms with Gasteiger partial charge in [0.2, 0.25) is 0 Å². The first kappa shape index (κ1) is 11.4. The van der Waals surface area contributed by atoms with Crippen molar-refractivity contribution in [3.05, 3.63) is 53.0 Å². The van der Waals surface area contributed by atoms with Gasteiger partial charge in [-0.3, -0.25) is 0 Å². The lowest BCUT2D eigenvalue weighted by Gasteiger charge is -2.08. The van der Waals surface area contributed by atoms with Crippen LogP contribution < -0.4 is 5.32 Å². The summed E-state index contributed by atoms with van der Waals surface area (Å²) in [5, 5.41) is 3.26. The maximum Gasteiger partial charge on any atom is 0.195 e. The number of fused-ring (bicyclic) bond motifs is 1. The normalized spacial score (nSPS) is 14.5. The van der Waals surface area contributed by atoms with Gasteiger partial charge in [0.15, 0.2) is 5.89 Å². The molecule has 2 aromatic rings. The van der Waals surface area contributed by atoms with Crippen molar-refractivity contribution in [3.63, 3.8) is 0 Å². The van der Waals surface area contributed by atoms with E-state index in [2.05, 4.69) is 10.3 Å². The minimum absolute atomic E-state index is 0.198. The molecule has 0 amide bonds. The second kappa shape index (κ2) is 4.90. The Kier molecular flexibility index (Phi) is 3.11. The van der Waals surface area contributed by atoms with Gasteiger partial charge in [-0.25, -0.2) is 9.37 Å². The van der Waals surface area contributed by atoms with Crippen molar-refractivity contribution in [1.29, 1.82) is 0 Å². The lowest BCUT2D eigenvalue weighted by molar-refractivity contribution is 0.428. The summed E-state index contributed by atoms with van der Waals surface area (Å²) in [6.07, 6.45) is 2.53. The zero-order valence-corrected chi connectivity index (χ0v) is 10.1. The molecule has 18 heavy (non-hydrogen) atoms.